The molecule has 1 heterocycles. The van der Waals surface area contributed by atoms with E-state index in [0.717, 1.165) is 12.0 Å². The molecule has 4 amide bonds. The molecule has 0 unspecified atom stereocenters. The minimum atomic E-state index is -0.497. The smallest absolute Gasteiger partial charge is 0.249 e. The summed E-state index contributed by atoms with van der Waals surface area (Å²) in [7, 11) is 1.66. The molecule has 0 aliphatic carbocycles. The van der Waals surface area contributed by atoms with Crippen LogP contribution >= 0.6 is 0 Å². The largest absolute Gasteiger partial charge is 0.350 e. The number of benzene rings is 1. The molecule has 0 bridgehead atoms. The SMILES string of the molecule is C/C(=C\[C@H](C(C)C)N(C)C(=O)CNC=O)C(=O)N1CCC[C@H]1C(=O)NCc1ccccc1. The van der Waals surface area contributed by atoms with Gasteiger partial charge in [-0.25, -0.2) is 0 Å². The van der Waals surface area contributed by atoms with Crippen LogP contribution < -0.4 is 10.6 Å². The summed E-state index contributed by atoms with van der Waals surface area (Å²) in [6.45, 7) is 6.50. The molecule has 0 radical (unpaired) electrons. The number of nitrogens with zero attached hydrogens (tertiary/aromatic N) is 2. The summed E-state index contributed by atoms with van der Waals surface area (Å²) in [5, 5.41) is 5.31. The minimum Gasteiger partial charge on any atom is -0.350 e. The van der Waals surface area contributed by atoms with Crippen LogP contribution in [0.1, 0.15) is 39.2 Å². The van der Waals surface area contributed by atoms with Crippen molar-refractivity contribution in [3.05, 3.63) is 47.5 Å². The van der Waals surface area contributed by atoms with Crippen LogP contribution in [0.4, 0.5) is 0 Å². The first kappa shape index (κ1) is 25.1. The Balaban J connectivity index is 2.07. The van der Waals surface area contributed by atoms with E-state index < -0.39 is 6.04 Å². The molecule has 0 spiro atoms. The highest BCUT2D eigenvalue weighted by molar-refractivity contribution is 5.97. The lowest BCUT2D eigenvalue weighted by Gasteiger charge is -2.30. The Morgan fingerprint density at radius 1 is 1.22 bits per heavy atom. The Morgan fingerprint density at radius 3 is 2.53 bits per heavy atom. The van der Waals surface area contributed by atoms with Crippen molar-refractivity contribution in [2.24, 2.45) is 5.92 Å². The maximum atomic E-state index is 13.2. The quantitative estimate of drug-likeness (QED) is 0.423. The number of likely N-dealkylation sites (tertiary alicyclic amines) is 1. The van der Waals surface area contributed by atoms with E-state index in [1.165, 1.54) is 4.90 Å². The van der Waals surface area contributed by atoms with Crippen LogP contribution in [0.25, 0.3) is 0 Å². The summed E-state index contributed by atoms with van der Waals surface area (Å²) in [6.07, 6.45) is 3.66. The molecule has 2 atom stereocenters. The summed E-state index contributed by atoms with van der Waals surface area (Å²) in [5.41, 5.74) is 1.50. The van der Waals surface area contributed by atoms with E-state index in [1.54, 1.807) is 24.9 Å². The highest BCUT2D eigenvalue weighted by Crippen LogP contribution is 2.21. The first-order valence-corrected chi connectivity index (χ1v) is 11.0. The first-order valence-electron chi connectivity index (χ1n) is 11.0. The molecular formula is C24H34N4O4. The summed E-state index contributed by atoms with van der Waals surface area (Å²) in [5.74, 6) is -0.530. The molecule has 1 fully saturated rings. The summed E-state index contributed by atoms with van der Waals surface area (Å²) < 4.78 is 0. The molecule has 174 valence electrons. The number of hydrogen-bond acceptors (Lipinski definition) is 4. The molecule has 1 aliphatic rings. The van der Waals surface area contributed by atoms with Gasteiger partial charge in [-0.2, -0.15) is 0 Å². The molecule has 2 N–H and O–H groups in total. The fourth-order valence-corrected chi connectivity index (χ4v) is 3.91. The third-order valence-electron chi connectivity index (χ3n) is 5.74. The van der Waals surface area contributed by atoms with Crippen LogP contribution in [0, 0.1) is 5.92 Å². The van der Waals surface area contributed by atoms with E-state index in [1.807, 2.05) is 44.2 Å². The van der Waals surface area contributed by atoms with Gasteiger partial charge in [0.25, 0.3) is 0 Å². The fraction of sp³-hybridized carbons (Fsp3) is 0.500. The first-order chi connectivity index (χ1) is 15.3. The molecule has 0 aromatic heterocycles. The van der Waals surface area contributed by atoms with E-state index in [9.17, 15) is 19.2 Å². The van der Waals surface area contributed by atoms with Crippen LogP contribution in [-0.4, -0.2) is 66.2 Å². The lowest BCUT2D eigenvalue weighted by Crippen LogP contribution is -2.47. The summed E-state index contributed by atoms with van der Waals surface area (Å²) in [6, 6.07) is 8.84. The predicted octanol–water partition coefficient (Wildman–Crippen LogP) is 1.47. The van der Waals surface area contributed by atoms with Crippen molar-refractivity contribution >= 4 is 24.1 Å². The van der Waals surface area contributed by atoms with E-state index >= 15 is 0 Å². The van der Waals surface area contributed by atoms with Gasteiger partial charge in [-0.3, -0.25) is 19.2 Å². The second-order valence-electron chi connectivity index (χ2n) is 8.45. The number of carbonyl (C=O) groups excluding carboxylic acids is 4. The predicted molar refractivity (Wildman–Crippen MR) is 122 cm³/mol. The Morgan fingerprint density at radius 2 is 1.91 bits per heavy atom. The van der Waals surface area contributed by atoms with E-state index in [2.05, 4.69) is 10.6 Å². The van der Waals surface area contributed by atoms with Crippen molar-refractivity contribution in [3.8, 4) is 0 Å². The van der Waals surface area contributed by atoms with Crippen LogP contribution in [-0.2, 0) is 25.7 Å². The molecule has 1 aliphatic heterocycles. The van der Waals surface area contributed by atoms with Gasteiger partial charge < -0.3 is 20.4 Å². The highest BCUT2D eigenvalue weighted by atomic mass is 16.2. The van der Waals surface area contributed by atoms with Crippen molar-refractivity contribution < 1.29 is 19.2 Å². The lowest BCUT2D eigenvalue weighted by atomic mass is 9.99. The summed E-state index contributed by atoms with van der Waals surface area (Å²) in [4.78, 5) is 51.9. The van der Waals surface area contributed by atoms with E-state index in [0.29, 0.717) is 31.5 Å². The third kappa shape index (κ3) is 6.67. The van der Waals surface area contributed by atoms with Gasteiger partial charge in [0.15, 0.2) is 0 Å². The van der Waals surface area contributed by atoms with Crippen molar-refractivity contribution in [2.75, 3.05) is 20.1 Å². The fourth-order valence-electron chi connectivity index (χ4n) is 3.91. The van der Waals surface area contributed by atoms with Crippen LogP contribution in [0.15, 0.2) is 42.0 Å². The average Bonchev–Trinajstić information content (AvgIpc) is 3.28. The topological polar surface area (TPSA) is 98.8 Å². The van der Waals surface area contributed by atoms with Crippen LogP contribution in [0.5, 0.6) is 0 Å². The zero-order valence-corrected chi connectivity index (χ0v) is 19.3. The van der Waals surface area contributed by atoms with Gasteiger partial charge in [0.1, 0.15) is 6.04 Å². The normalized spacial score (nSPS) is 17.1. The number of rotatable bonds is 10. The average molecular weight is 443 g/mol. The molecule has 1 aromatic rings. The number of carbonyl (C=O) groups is 4. The van der Waals surface area contributed by atoms with Gasteiger partial charge in [-0.05, 0) is 31.2 Å². The molecule has 8 heteroatoms. The van der Waals surface area contributed by atoms with Gasteiger partial charge in [-0.15, -0.1) is 0 Å². The van der Waals surface area contributed by atoms with Gasteiger partial charge >= 0.3 is 0 Å². The minimum absolute atomic E-state index is 0.0616. The second-order valence-corrected chi connectivity index (χ2v) is 8.45. The van der Waals surface area contributed by atoms with Crippen molar-refractivity contribution in [1.29, 1.82) is 0 Å². The van der Waals surface area contributed by atoms with Crippen molar-refractivity contribution in [1.82, 2.24) is 20.4 Å². The number of hydrogen-bond donors (Lipinski definition) is 2. The van der Waals surface area contributed by atoms with Gasteiger partial charge in [0.2, 0.25) is 24.1 Å². The Kier molecular flexibility index (Phi) is 9.43. The standard InChI is InChI=1S/C24H34N4O4/c1-17(2)21(27(4)22(30)15-25-16-29)13-18(3)24(32)28-12-8-11-20(28)23(31)26-14-19-9-6-5-7-10-19/h5-7,9-10,13,16-17,20-21H,8,11-12,14-15H2,1-4H3,(H,25,29)(H,26,31)/b18-13+/t20-,21+/m0/s1. The maximum absolute atomic E-state index is 13.2. The van der Waals surface area contributed by atoms with Gasteiger partial charge in [0, 0.05) is 25.7 Å². The van der Waals surface area contributed by atoms with Crippen molar-refractivity contribution in [3.63, 3.8) is 0 Å². The number of nitrogens with one attached hydrogen (secondary N) is 2. The monoisotopic (exact) mass is 442 g/mol. The second kappa shape index (κ2) is 12.0. The van der Waals surface area contributed by atoms with Crippen molar-refractivity contribution in [2.45, 2.75) is 52.2 Å². The Hall–Kier alpha value is -3.16. The van der Waals surface area contributed by atoms with E-state index in [-0.39, 0.29) is 36.2 Å². The Labute approximate surface area is 190 Å². The number of likely N-dealkylation sites (N-methyl/N-ethyl adjacent to an activating group) is 1. The van der Waals surface area contributed by atoms with Crippen LogP contribution in [0.3, 0.4) is 0 Å². The molecule has 1 aromatic carbocycles. The van der Waals surface area contributed by atoms with E-state index in [4.69, 9.17) is 0 Å². The molecule has 32 heavy (non-hydrogen) atoms. The maximum Gasteiger partial charge on any atom is 0.249 e. The molecule has 2 rings (SSSR count). The van der Waals surface area contributed by atoms with Gasteiger partial charge in [0.05, 0.1) is 12.6 Å². The van der Waals surface area contributed by atoms with Crippen LogP contribution in [0.2, 0.25) is 0 Å². The lowest BCUT2D eigenvalue weighted by molar-refractivity contribution is -0.135. The molecule has 0 saturated carbocycles. The number of amides is 4. The molecule has 8 nitrogen and oxygen atoms in total. The Bertz CT molecular complexity index is 838. The van der Waals surface area contributed by atoms with Gasteiger partial charge in [-0.1, -0.05) is 50.3 Å². The zero-order valence-electron chi connectivity index (χ0n) is 19.3. The molecular weight excluding hydrogens is 408 g/mol. The summed E-state index contributed by atoms with van der Waals surface area (Å²) >= 11 is 0. The zero-order chi connectivity index (χ0) is 23.7. The molecule has 1 saturated heterocycles. The highest BCUT2D eigenvalue weighted by Gasteiger charge is 2.35. The third-order valence-corrected chi connectivity index (χ3v) is 5.74.